The SMILES string of the molecule is Cc1ccc(CCC2(C(=O)O)CC2)cc1. The van der Waals surface area contributed by atoms with E-state index >= 15 is 0 Å². The zero-order valence-electron chi connectivity index (χ0n) is 8.99. The second-order valence-corrected chi connectivity index (χ2v) is 4.57. The Balaban J connectivity index is 1.94. The van der Waals surface area contributed by atoms with Gasteiger partial charge in [-0.15, -0.1) is 0 Å². The molecule has 1 N–H and O–H groups in total. The number of hydrogen-bond donors (Lipinski definition) is 1. The van der Waals surface area contributed by atoms with Crippen LogP contribution in [0.2, 0.25) is 0 Å². The first-order chi connectivity index (χ1) is 7.12. The van der Waals surface area contributed by atoms with Crippen LogP contribution in [-0.4, -0.2) is 11.1 Å². The highest BCUT2D eigenvalue weighted by Crippen LogP contribution is 2.49. The van der Waals surface area contributed by atoms with Gasteiger partial charge in [-0.05, 0) is 38.2 Å². The third kappa shape index (κ3) is 2.20. The zero-order valence-corrected chi connectivity index (χ0v) is 8.99. The summed E-state index contributed by atoms with van der Waals surface area (Å²) in [5.41, 5.74) is 2.11. The van der Waals surface area contributed by atoms with Crippen molar-refractivity contribution in [1.29, 1.82) is 0 Å². The van der Waals surface area contributed by atoms with Gasteiger partial charge in [-0.1, -0.05) is 29.8 Å². The Morgan fingerprint density at radius 3 is 2.40 bits per heavy atom. The summed E-state index contributed by atoms with van der Waals surface area (Å²) in [5.74, 6) is -0.616. The Bertz CT molecular complexity index is 361. The van der Waals surface area contributed by atoms with Crippen molar-refractivity contribution >= 4 is 5.97 Å². The molecule has 0 amide bonds. The molecule has 2 rings (SSSR count). The summed E-state index contributed by atoms with van der Waals surface area (Å²) in [6.07, 6.45) is 3.38. The van der Waals surface area contributed by atoms with E-state index in [1.54, 1.807) is 0 Å². The average Bonchev–Trinajstić information content (AvgIpc) is 2.98. The molecule has 2 nitrogen and oxygen atoms in total. The molecule has 0 heterocycles. The van der Waals surface area contributed by atoms with Crippen molar-refractivity contribution in [3.63, 3.8) is 0 Å². The lowest BCUT2D eigenvalue weighted by atomic mass is 9.97. The third-order valence-electron chi connectivity index (χ3n) is 3.32. The van der Waals surface area contributed by atoms with Crippen molar-refractivity contribution in [3.05, 3.63) is 35.4 Å². The second kappa shape index (κ2) is 3.69. The first-order valence-corrected chi connectivity index (χ1v) is 5.41. The highest BCUT2D eigenvalue weighted by atomic mass is 16.4. The van der Waals surface area contributed by atoms with Crippen molar-refractivity contribution in [3.8, 4) is 0 Å². The molecule has 1 saturated carbocycles. The largest absolute Gasteiger partial charge is 0.481 e. The molecule has 0 aromatic heterocycles. The molecule has 0 atom stereocenters. The van der Waals surface area contributed by atoms with Crippen LogP contribution in [0.4, 0.5) is 0 Å². The Hall–Kier alpha value is -1.31. The lowest BCUT2D eigenvalue weighted by molar-refractivity contribution is -0.143. The predicted molar refractivity (Wildman–Crippen MR) is 58.8 cm³/mol. The molecule has 0 unspecified atom stereocenters. The summed E-state index contributed by atoms with van der Waals surface area (Å²) in [5, 5.41) is 9.03. The topological polar surface area (TPSA) is 37.3 Å². The quantitative estimate of drug-likeness (QED) is 0.818. The molecular formula is C13H16O2. The molecular weight excluding hydrogens is 188 g/mol. The van der Waals surface area contributed by atoms with Crippen molar-refractivity contribution in [1.82, 2.24) is 0 Å². The average molecular weight is 204 g/mol. The van der Waals surface area contributed by atoms with E-state index < -0.39 is 5.97 Å². The third-order valence-corrected chi connectivity index (χ3v) is 3.32. The smallest absolute Gasteiger partial charge is 0.309 e. The van der Waals surface area contributed by atoms with Gasteiger partial charge in [0, 0.05) is 0 Å². The van der Waals surface area contributed by atoms with E-state index in [2.05, 4.69) is 31.2 Å². The Kier molecular flexibility index (Phi) is 2.51. The van der Waals surface area contributed by atoms with Gasteiger partial charge in [0.05, 0.1) is 5.41 Å². The maximum absolute atomic E-state index is 11.0. The first-order valence-electron chi connectivity index (χ1n) is 5.41. The summed E-state index contributed by atoms with van der Waals surface area (Å²) >= 11 is 0. The highest BCUT2D eigenvalue weighted by Gasteiger charge is 2.49. The van der Waals surface area contributed by atoms with E-state index in [9.17, 15) is 4.79 Å². The molecule has 0 aliphatic heterocycles. The van der Waals surface area contributed by atoms with Gasteiger partial charge in [-0.2, -0.15) is 0 Å². The fraction of sp³-hybridized carbons (Fsp3) is 0.462. The van der Waals surface area contributed by atoms with Gasteiger partial charge in [0.1, 0.15) is 0 Å². The van der Waals surface area contributed by atoms with Crippen molar-refractivity contribution in [2.24, 2.45) is 5.41 Å². The van der Waals surface area contributed by atoms with Crippen molar-refractivity contribution in [2.75, 3.05) is 0 Å². The van der Waals surface area contributed by atoms with Gasteiger partial charge in [0.2, 0.25) is 0 Å². The molecule has 80 valence electrons. The van der Waals surface area contributed by atoms with E-state index in [0.29, 0.717) is 0 Å². The van der Waals surface area contributed by atoms with Crippen molar-refractivity contribution < 1.29 is 9.90 Å². The summed E-state index contributed by atoms with van der Waals surface area (Å²) < 4.78 is 0. The molecule has 1 aromatic rings. The molecule has 0 bridgehead atoms. The standard InChI is InChI=1S/C13H16O2/c1-10-2-4-11(5-3-10)6-7-13(8-9-13)12(14)15/h2-5H,6-9H2,1H3,(H,14,15). The number of aliphatic carboxylic acids is 1. The van der Waals surface area contributed by atoms with Gasteiger partial charge < -0.3 is 5.11 Å². The Morgan fingerprint density at radius 1 is 1.33 bits per heavy atom. The number of rotatable bonds is 4. The fourth-order valence-corrected chi connectivity index (χ4v) is 1.86. The molecule has 2 heteroatoms. The van der Waals surface area contributed by atoms with Gasteiger partial charge in [0.25, 0.3) is 0 Å². The van der Waals surface area contributed by atoms with Crippen LogP contribution >= 0.6 is 0 Å². The Labute approximate surface area is 89.9 Å². The lowest BCUT2D eigenvalue weighted by Gasteiger charge is -2.09. The summed E-state index contributed by atoms with van der Waals surface area (Å²) in [4.78, 5) is 11.0. The molecule has 1 fully saturated rings. The van der Waals surface area contributed by atoms with Crippen LogP contribution in [0.15, 0.2) is 24.3 Å². The maximum atomic E-state index is 11.0. The van der Waals surface area contributed by atoms with Gasteiger partial charge >= 0.3 is 5.97 Å². The fourth-order valence-electron chi connectivity index (χ4n) is 1.86. The van der Waals surface area contributed by atoms with Crippen molar-refractivity contribution in [2.45, 2.75) is 32.6 Å². The minimum Gasteiger partial charge on any atom is -0.481 e. The molecule has 0 saturated heterocycles. The Morgan fingerprint density at radius 2 is 1.93 bits per heavy atom. The van der Waals surface area contributed by atoms with Crippen LogP contribution in [0.25, 0.3) is 0 Å². The van der Waals surface area contributed by atoms with E-state index in [4.69, 9.17) is 5.11 Å². The minimum absolute atomic E-state index is 0.384. The van der Waals surface area contributed by atoms with Crippen LogP contribution in [-0.2, 0) is 11.2 Å². The maximum Gasteiger partial charge on any atom is 0.309 e. The molecule has 1 aromatic carbocycles. The second-order valence-electron chi connectivity index (χ2n) is 4.57. The van der Waals surface area contributed by atoms with Gasteiger partial charge in [-0.25, -0.2) is 0 Å². The van der Waals surface area contributed by atoms with E-state index in [-0.39, 0.29) is 5.41 Å². The van der Waals surface area contributed by atoms with Crippen LogP contribution in [0.1, 0.15) is 30.4 Å². The van der Waals surface area contributed by atoms with E-state index in [1.807, 2.05) is 0 Å². The lowest BCUT2D eigenvalue weighted by Crippen LogP contribution is -2.15. The van der Waals surface area contributed by atoms with E-state index in [0.717, 1.165) is 25.7 Å². The number of aryl methyl sites for hydroxylation is 2. The normalized spacial score (nSPS) is 17.4. The van der Waals surface area contributed by atoms with Crippen LogP contribution in [0.5, 0.6) is 0 Å². The number of carbonyl (C=O) groups is 1. The molecule has 1 aliphatic rings. The molecule has 15 heavy (non-hydrogen) atoms. The zero-order chi connectivity index (χ0) is 10.9. The minimum atomic E-state index is -0.616. The number of carboxylic acids is 1. The van der Waals surface area contributed by atoms with Crippen LogP contribution in [0.3, 0.4) is 0 Å². The number of carboxylic acid groups (broad SMARTS) is 1. The van der Waals surface area contributed by atoms with Gasteiger partial charge in [-0.3, -0.25) is 4.79 Å². The van der Waals surface area contributed by atoms with Crippen LogP contribution < -0.4 is 0 Å². The number of hydrogen-bond acceptors (Lipinski definition) is 1. The van der Waals surface area contributed by atoms with E-state index in [1.165, 1.54) is 11.1 Å². The predicted octanol–water partition coefficient (Wildman–Crippen LogP) is 2.79. The molecule has 0 spiro atoms. The molecule has 0 radical (unpaired) electrons. The molecule has 1 aliphatic carbocycles. The summed E-state index contributed by atoms with van der Waals surface area (Å²) in [6.45, 7) is 2.06. The van der Waals surface area contributed by atoms with Crippen LogP contribution in [0, 0.1) is 12.3 Å². The highest BCUT2D eigenvalue weighted by molar-refractivity contribution is 5.77. The van der Waals surface area contributed by atoms with Gasteiger partial charge in [0.15, 0.2) is 0 Å². The monoisotopic (exact) mass is 204 g/mol. The number of benzene rings is 1. The summed E-state index contributed by atoms with van der Waals surface area (Å²) in [7, 11) is 0. The summed E-state index contributed by atoms with van der Waals surface area (Å²) in [6, 6.07) is 8.34. The first kappa shape index (κ1) is 10.2.